The summed E-state index contributed by atoms with van der Waals surface area (Å²) in [4.78, 5) is 29.1. The smallest absolute Gasteiger partial charge is 0.354 e. The van der Waals surface area contributed by atoms with Gasteiger partial charge in [-0.25, -0.2) is 14.8 Å². The molecule has 0 aliphatic rings. The second kappa shape index (κ2) is 5.44. The molecule has 1 N–H and O–H groups in total. The molecule has 7 nitrogen and oxygen atoms in total. The minimum Gasteiger partial charge on any atom is -0.477 e. The summed E-state index contributed by atoms with van der Waals surface area (Å²) in [5.74, 6) is -1.17. The van der Waals surface area contributed by atoms with Crippen molar-refractivity contribution in [1.29, 1.82) is 0 Å². The Morgan fingerprint density at radius 3 is 2.74 bits per heavy atom. The Balaban J connectivity index is 2.34. The number of nitro groups is 1. The standard InChI is InChI=1S/C11H7N3O4S/c15-10(16)7-5-6-12-11(13-7)19-9-4-2-1-3-8(9)14(17)18/h1-6H,(H,15,16). The number of hydrogen-bond donors (Lipinski definition) is 1. The average molecular weight is 277 g/mol. The van der Waals surface area contributed by atoms with Crippen LogP contribution >= 0.6 is 11.8 Å². The van der Waals surface area contributed by atoms with Crippen LogP contribution in [0.1, 0.15) is 10.5 Å². The third kappa shape index (κ3) is 3.05. The molecular weight excluding hydrogens is 270 g/mol. The van der Waals surface area contributed by atoms with E-state index < -0.39 is 10.9 Å². The second-order valence-electron chi connectivity index (χ2n) is 3.36. The average Bonchev–Trinajstić information content (AvgIpc) is 2.39. The van der Waals surface area contributed by atoms with Gasteiger partial charge in [-0.15, -0.1) is 0 Å². The second-order valence-corrected chi connectivity index (χ2v) is 4.37. The Morgan fingerprint density at radius 2 is 2.05 bits per heavy atom. The van der Waals surface area contributed by atoms with Gasteiger partial charge in [0, 0.05) is 12.3 Å². The zero-order valence-corrected chi connectivity index (χ0v) is 10.2. The van der Waals surface area contributed by atoms with Crippen LogP contribution in [0.2, 0.25) is 0 Å². The van der Waals surface area contributed by atoms with Crippen molar-refractivity contribution in [3.05, 3.63) is 52.3 Å². The van der Waals surface area contributed by atoms with E-state index in [4.69, 9.17) is 5.11 Å². The van der Waals surface area contributed by atoms with Gasteiger partial charge in [-0.3, -0.25) is 10.1 Å². The highest BCUT2D eigenvalue weighted by Gasteiger charge is 2.15. The molecule has 0 radical (unpaired) electrons. The van der Waals surface area contributed by atoms with E-state index in [1.807, 2.05) is 0 Å². The Bertz CT molecular complexity index is 647. The van der Waals surface area contributed by atoms with Crippen LogP contribution in [0, 0.1) is 10.1 Å². The normalized spacial score (nSPS) is 10.1. The third-order valence-electron chi connectivity index (χ3n) is 2.12. The molecule has 0 fully saturated rings. The van der Waals surface area contributed by atoms with Crippen molar-refractivity contribution in [3.8, 4) is 0 Å². The SMILES string of the molecule is O=C(O)c1ccnc(Sc2ccccc2[N+](=O)[O-])n1. The molecule has 0 aliphatic carbocycles. The van der Waals surface area contributed by atoms with E-state index in [9.17, 15) is 14.9 Å². The molecule has 0 amide bonds. The molecule has 1 aromatic heterocycles. The van der Waals surface area contributed by atoms with E-state index in [-0.39, 0.29) is 16.5 Å². The van der Waals surface area contributed by atoms with E-state index in [1.165, 1.54) is 18.3 Å². The molecule has 0 spiro atoms. The molecule has 2 rings (SSSR count). The van der Waals surface area contributed by atoms with E-state index in [0.29, 0.717) is 4.90 Å². The number of para-hydroxylation sites is 1. The summed E-state index contributed by atoms with van der Waals surface area (Å²) in [6, 6.07) is 7.38. The molecule has 0 saturated heterocycles. The fourth-order valence-electron chi connectivity index (χ4n) is 1.30. The fraction of sp³-hybridized carbons (Fsp3) is 0. The zero-order chi connectivity index (χ0) is 13.8. The lowest BCUT2D eigenvalue weighted by Crippen LogP contribution is -2.01. The largest absolute Gasteiger partial charge is 0.477 e. The highest BCUT2D eigenvalue weighted by Crippen LogP contribution is 2.32. The maximum absolute atomic E-state index is 10.8. The van der Waals surface area contributed by atoms with Crippen molar-refractivity contribution in [2.75, 3.05) is 0 Å². The summed E-state index contributed by atoms with van der Waals surface area (Å²) in [6.07, 6.45) is 1.30. The maximum Gasteiger partial charge on any atom is 0.354 e. The van der Waals surface area contributed by atoms with Crippen LogP contribution in [0.3, 0.4) is 0 Å². The van der Waals surface area contributed by atoms with Gasteiger partial charge in [-0.1, -0.05) is 12.1 Å². The molecule has 2 aromatic rings. The summed E-state index contributed by atoms with van der Waals surface area (Å²) in [5.41, 5.74) is -0.229. The minimum atomic E-state index is -1.17. The molecule has 96 valence electrons. The topological polar surface area (TPSA) is 106 Å². The molecular formula is C11H7N3O4S. The quantitative estimate of drug-likeness (QED) is 0.518. The van der Waals surface area contributed by atoms with Crippen LogP contribution in [0.5, 0.6) is 0 Å². The van der Waals surface area contributed by atoms with Crippen LogP contribution in [-0.4, -0.2) is 26.0 Å². The Kier molecular flexibility index (Phi) is 3.71. The lowest BCUT2D eigenvalue weighted by Gasteiger charge is -2.01. The Hall–Kier alpha value is -2.48. The molecule has 0 atom stereocenters. The Morgan fingerprint density at radius 1 is 1.32 bits per heavy atom. The molecule has 1 heterocycles. The zero-order valence-electron chi connectivity index (χ0n) is 9.39. The summed E-state index contributed by atoms with van der Waals surface area (Å²) < 4.78 is 0. The third-order valence-corrected chi connectivity index (χ3v) is 3.06. The van der Waals surface area contributed by atoms with E-state index in [0.717, 1.165) is 11.8 Å². The van der Waals surface area contributed by atoms with Gasteiger partial charge < -0.3 is 5.11 Å². The molecule has 0 aliphatic heterocycles. The highest BCUT2D eigenvalue weighted by molar-refractivity contribution is 7.99. The van der Waals surface area contributed by atoms with Crippen LogP contribution in [0.4, 0.5) is 5.69 Å². The number of carboxylic acids is 1. The maximum atomic E-state index is 10.8. The molecule has 19 heavy (non-hydrogen) atoms. The van der Waals surface area contributed by atoms with Crippen LogP contribution < -0.4 is 0 Å². The van der Waals surface area contributed by atoms with Crippen molar-refractivity contribution in [2.24, 2.45) is 0 Å². The van der Waals surface area contributed by atoms with Gasteiger partial charge >= 0.3 is 5.97 Å². The Labute approximate surface area is 111 Å². The molecule has 0 unspecified atom stereocenters. The van der Waals surface area contributed by atoms with Gasteiger partial charge in [-0.2, -0.15) is 0 Å². The number of hydrogen-bond acceptors (Lipinski definition) is 6. The first-order valence-corrected chi connectivity index (χ1v) is 5.87. The number of nitrogens with zero attached hydrogens (tertiary/aromatic N) is 3. The van der Waals surface area contributed by atoms with Crippen LogP contribution in [-0.2, 0) is 0 Å². The number of carboxylic acid groups (broad SMARTS) is 1. The number of carbonyl (C=O) groups is 1. The summed E-state index contributed by atoms with van der Waals surface area (Å²) in [5, 5.41) is 19.8. The lowest BCUT2D eigenvalue weighted by atomic mass is 10.3. The van der Waals surface area contributed by atoms with E-state index >= 15 is 0 Å². The predicted molar refractivity (Wildman–Crippen MR) is 66.2 cm³/mol. The van der Waals surface area contributed by atoms with E-state index in [2.05, 4.69) is 9.97 Å². The van der Waals surface area contributed by atoms with Gasteiger partial charge in [0.1, 0.15) is 0 Å². The van der Waals surface area contributed by atoms with Crippen molar-refractivity contribution in [2.45, 2.75) is 10.1 Å². The van der Waals surface area contributed by atoms with Gasteiger partial charge in [-0.05, 0) is 23.9 Å². The van der Waals surface area contributed by atoms with Gasteiger partial charge in [0.2, 0.25) is 0 Å². The van der Waals surface area contributed by atoms with Gasteiger partial charge in [0.25, 0.3) is 5.69 Å². The number of aromatic carboxylic acids is 1. The van der Waals surface area contributed by atoms with Gasteiger partial charge in [0.15, 0.2) is 10.9 Å². The number of aromatic nitrogens is 2. The first-order valence-electron chi connectivity index (χ1n) is 5.05. The van der Waals surface area contributed by atoms with Crippen molar-refractivity contribution in [3.63, 3.8) is 0 Å². The minimum absolute atomic E-state index is 0.0724. The molecule has 8 heteroatoms. The van der Waals surface area contributed by atoms with Crippen LogP contribution in [0.25, 0.3) is 0 Å². The van der Waals surface area contributed by atoms with Crippen LogP contribution in [0.15, 0.2) is 46.6 Å². The highest BCUT2D eigenvalue weighted by atomic mass is 32.2. The van der Waals surface area contributed by atoms with E-state index in [1.54, 1.807) is 18.2 Å². The molecule has 0 saturated carbocycles. The number of nitro benzene ring substituents is 1. The first-order chi connectivity index (χ1) is 9.08. The first kappa shape index (κ1) is 13.0. The monoisotopic (exact) mass is 277 g/mol. The molecule has 0 bridgehead atoms. The van der Waals surface area contributed by atoms with Crippen molar-refractivity contribution >= 4 is 23.4 Å². The molecule has 1 aromatic carbocycles. The summed E-state index contributed by atoms with van der Waals surface area (Å²) in [7, 11) is 0. The fourth-order valence-corrected chi connectivity index (χ4v) is 2.15. The summed E-state index contributed by atoms with van der Waals surface area (Å²) in [6.45, 7) is 0. The number of benzene rings is 1. The summed E-state index contributed by atoms with van der Waals surface area (Å²) >= 11 is 0.947. The van der Waals surface area contributed by atoms with Gasteiger partial charge in [0.05, 0.1) is 9.82 Å². The van der Waals surface area contributed by atoms with Crippen molar-refractivity contribution in [1.82, 2.24) is 9.97 Å². The predicted octanol–water partition coefficient (Wildman–Crippen LogP) is 2.23. The lowest BCUT2D eigenvalue weighted by molar-refractivity contribution is -0.387. The number of rotatable bonds is 4. The van der Waals surface area contributed by atoms with Crippen molar-refractivity contribution < 1.29 is 14.8 Å².